The van der Waals surface area contributed by atoms with Gasteiger partial charge in [0.15, 0.2) is 0 Å². The fourth-order valence-electron chi connectivity index (χ4n) is 3.98. The Morgan fingerprint density at radius 3 is 2.50 bits per heavy atom. The molecule has 1 N–H and O–H groups in total. The zero-order valence-corrected chi connectivity index (χ0v) is 14.8. The molecule has 0 radical (unpaired) electrons. The average Bonchev–Trinajstić information content (AvgIpc) is 3.22. The molecule has 130 valence electrons. The topological polar surface area (TPSA) is 49.4 Å². The first-order valence-corrected chi connectivity index (χ1v) is 9.32. The molecule has 1 saturated heterocycles. The molecule has 1 saturated carbocycles. The minimum atomic E-state index is -0.409. The number of nitrogens with zero attached hydrogens (tertiary/aromatic N) is 1. The molecule has 2 amide bonds. The molecule has 1 heterocycles. The molecule has 3 rings (SSSR count). The smallest absolute Gasteiger partial charge is 0.230 e. The van der Waals surface area contributed by atoms with E-state index < -0.39 is 5.41 Å². The van der Waals surface area contributed by atoms with E-state index in [0.717, 1.165) is 57.2 Å². The lowest BCUT2D eigenvalue weighted by Crippen LogP contribution is -2.43. The lowest BCUT2D eigenvalue weighted by molar-refractivity contribution is -0.127. The number of benzene rings is 1. The zero-order valence-electron chi connectivity index (χ0n) is 14.0. The highest BCUT2D eigenvalue weighted by Gasteiger charge is 2.42. The van der Waals surface area contributed by atoms with Crippen LogP contribution < -0.4 is 5.32 Å². The van der Waals surface area contributed by atoms with Crippen molar-refractivity contribution in [2.75, 3.05) is 19.6 Å². The molecule has 24 heavy (non-hydrogen) atoms. The van der Waals surface area contributed by atoms with Gasteiger partial charge in [0.2, 0.25) is 11.8 Å². The van der Waals surface area contributed by atoms with Crippen LogP contribution in [0.25, 0.3) is 0 Å². The van der Waals surface area contributed by atoms with Crippen molar-refractivity contribution in [1.82, 2.24) is 10.2 Å². The number of halogens is 1. The summed E-state index contributed by atoms with van der Waals surface area (Å²) < 4.78 is 0. The number of hydrogen-bond donors (Lipinski definition) is 1. The van der Waals surface area contributed by atoms with Crippen LogP contribution in [0.3, 0.4) is 0 Å². The van der Waals surface area contributed by atoms with Crippen molar-refractivity contribution < 1.29 is 9.59 Å². The lowest BCUT2D eigenvalue weighted by Gasteiger charge is -2.28. The van der Waals surface area contributed by atoms with Gasteiger partial charge in [-0.05, 0) is 43.4 Å². The Morgan fingerprint density at radius 2 is 1.88 bits per heavy atom. The van der Waals surface area contributed by atoms with E-state index >= 15 is 0 Å². The maximum Gasteiger partial charge on any atom is 0.230 e. The third-order valence-corrected chi connectivity index (χ3v) is 5.60. The number of carbonyl (C=O) groups excluding carboxylic acids is 2. The highest BCUT2D eigenvalue weighted by atomic mass is 35.5. The molecule has 0 unspecified atom stereocenters. The van der Waals surface area contributed by atoms with Crippen molar-refractivity contribution in [3.8, 4) is 0 Å². The Kier molecular flexibility index (Phi) is 5.44. The van der Waals surface area contributed by atoms with E-state index in [-0.39, 0.29) is 11.8 Å². The quantitative estimate of drug-likeness (QED) is 0.802. The van der Waals surface area contributed by atoms with Crippen molar-refractivity contribution in [2.24, 2.45) is 0 Å². The third kappa shape index (κ3) is 3.59. The molecule has 1 aromatic carbocycles. The van der Waals surface area contributed by atoms with E-state index in [1.165, 1.54) is 0 Å². The molecule has 1 aromatic rings. The third-order valence-electron chi connectivity index (χ3n) is 5.35. The zero-order chi connectivity index (χ0) is 17.0. The van der Waals surface area contributed by atoms with Crippen LogP contribution in [0.1, 0.15) is 50.5 Å². The van der Waals surface area contributed by atoms with Crippen molar-refractivity contribution in [3.05, 3.63) is 34.9 Å². The van der Waals surface area contributed by atoms with E-state index in [4.69, 9.17) is 11.6 Å². The van der Waals surface area contributed by atoms with Gasteiger partial charge in [-0.1, -0.05) is 36.6 Å². The summed E-state index contributed by atoms with van der Waals surface area (Å²) in [6, 6.07) is 7.69. The van der Waals surface area contributed by atoms with Gasteiger partial charge in [0.25, 0.3) is 0 Å². The molecular formula is C19H25ClN2O2. The predicted octanol–water partition coefficient (Wildman–Crippen LogP) is 3.28. The highest BCUT2D eigenvalue weighted by Crippen LogP contribution is 2.41. The van der Waals surface area contributed by atoms with Crippen LogP contribution >= 0.6 is 11.6 Å². The maximum atomic E-state index is 12.9. The standard InChI is InChI=1S/C19H25ClN2O2/c20-16-8-6-15(7-9-16)19(10-1-2-11-19)18(24)21-12-4-14-22-13-3-5-17(22)23/h6-9H,1-5,10-14H2,(H,21,24). The number of rotatable bonds is 6. The van der Waals surface area contributed by atoms with Crippen LogP contribution in [0.4, 0.5) is 0 Å². The summed E-state index contributed by atoms with van der Waals surface area (Å²) in [6.45, 7) is 2.23. The lowest BCUT2D eigenvalue weighted by atomic mass is 9.78. The monoisotopic (exact) mass is 348 g/mol. The Balaban J connectivity index is 1.56. The molecule has 0 bridgehead atoms. The van der Waals surface area contributed by atoms with Gasteiger partial charge in [-0.15, -0.1) is 0 Å². The van der Waals surface area contributed by atoms with Crippen LogP contribution in [0, 0.1) is 0 Å². The maximum absolute atomic E-state index is 12.9. The molecule has 2 aliphatic rings. The Hall–Kier alpha value is -1.55. The van der Waals surface area contributed by atoms with E-state index in [1.54, 1.807) is 0 Å². The van der Waals surface area contributed by atoms with Crippen molar-refractivity contribution in [2.45, 2.75) is 50.4 Å². The summed E-state index contributed by atoms with van der Waals surface area (Å²) in [4.78, 5) is 26.4. The molecule has 4 nitrogen and oxygen atoms in total. The second-order valence-electron chi connectivity index (χ2n) is 6.89. The molecular weight excluding hydrogens is 324 g/mol. The van der Waals surface area contributed by atoms with Crippen LogP contribution in [-0.4, -0.2) is 36.3 Å². The Labute approximate surface area is 148 Å². The average molecular weight is 349 g/mol. The molecule has 0 atom stereocenters. The van der Waals surface area contributed by atoms with E-state index in [2.05, 4.69) is 5.32 Å². The molecule has 1 aliphatic heterocycles. The summed E-state index contributed by atoms with van der Waals surface area (Å²) in [5.41, 5.74) is 0.658. The molecule has 0 spiro atoms. The molecule has 1 aliphatic carbocycles. The summed E-state index contributed by atoms with van der Waals surface area (Å²) in [6.07, 6.45) is 6.40. The van der Waals surface area contributed by atoms with E-state index in [0.29, 0.717) is 18.0 Å². The Morgan fingerprint density at radius 1 is 1.17 bits per heavy atom. The number of nitrogens with one attached hydrogen (secondary N) is 1. The number of carbonyl (C=O) groups is 2. The molecule has 2 fully saturated rings. The van der Waals surface area contributed by atoms with Gasteiger partial charge in [0.05, 0.1) is 5.41 Å². The normalized spacial score (nSPS) is 19.7. The number of hydrogen-bond acceptors (Lipinski definition) is 2. The highest BCUT2D eigenvalue weighted by molar-refractivity contribution is 6.30. The van der Waals surface area contributed by atoms with Gasteiger partial charge < -0.3 is 10.2 Å². The second-order valence-corrected chi connectivity index (χ2v) is 7.33. The summed E-state index contributed by atoms with van der Waals surface area (Å²) in [5.74, 6) is 0.366. The van der Waals surface area contributed by atoms with Crippen LogP contribution in [0.15, 0.2) is 24.3 Å². The van der Waals surface area contributed by atoms with Crippen molar-refractivity contribution in [3.63, 3.8) is 0 Å². The van der Waals surface area contributed by atoms with Gasteiger partial charge in [-0.25, -0.2) is 0 Å². The van der Waals surface area contributed by atoms with E-state index in [1.807, 2.05) is 29.2 Å². The number of likely N-dealkylation sites (tertiary alicyclic amines) is 1. The summed E-state index contributed by atoms with van der Waals surface area (Å²) in [5, 5.41) is 3.80. The minimum absolute atomic E-state index is 0.120. The summed E-state index contributed by atoms with van der Waals surface area (Å²) >= 11 is 5.99. The largest absolute Gasteiger partial charge is 0.355 e. The SMILES string of the molecule is O=C1CCCN1CCCNC(=O)C1(c2ccc(Cl)cc2)CCCC1. The first-order valence-electron chi connectivity index (χ1n) is 8.94. The van der Waals surface area contributed by atoms with Gasteiger partial charge >= 0.3 is 0 Å². The van der Waals surface area contributed by atoms with Crippen molar-refractivity contribution in [1.29, 1.82) is 0 Å². The fourth-order valence-corrected chi connectivity index (χ4v) is 4.10. The first-order chi connectivity index (χ1) is 11.6. The molecule has 5 heteroatoms. The van der Waals surface area contributed by atoms with Crippen LogP contribution in [0.5, 0.6) is 0 Å². The van der Waals surface area contributed by atoms with Gasteiger partial charge in [-0.3, -0.25) is 9.59 Å². The van der Waals surface area contributed by atoms with E-state index in [9.17, 15) is 9.59 Å². The number of amides is 2. The van der Waals surface area contributed by atoms with Crippen LogP contribution in [0.2, 0.25) is 5.02 Å². The fraction of sp³-hybridized carbons (Fsp3) is 0.579. The van der Waals surface area contributed by atoms with Crippen molar-refractivity contribution >= 4 is 23.4 Å². The van der Waals surface area contributed by atoms with Gasteiger partial charge in [0, 0.05) is 31.1 Å². The predicted molar refractivity (Wildman–Crippen MR) is 95.0 cm³/mol. The van der Waals surface area contributed by atoms with Gasteiger partial charge in [0.1, 0.15) is 0 Å². The van der Waals surface area contributed by atoms with Gasteiger partial charge in [-0.2, -0.15) is 0 Å². The summed E-state index contributed by atoms with van der Waals surface area (Å²) in [7, 11) is 0. The van der Waals surface area contributed by atoms with Crippen LogP contribution in [-0.2, 0) is 15.0 Å². The second kappa shape index (κ2) is 7.56. The first kappa shape index (κ1) is 17.3. The Bertz CT molecular complexity index is 594. The molecule has 0 aromatic heterocycles. The minimum Gasteiger partial charge on any atom is -0.355 e.